The van der Waals surface area contributed by atoms with Crippen LogP contribution in [0, 0.1) is 5.82 Å². The number of Topliss-reactive ketones (excluding diaryl/α,β-unsaturated/α-hetero) is 1. The molecule has 0 bridgehead atoms. The van der Waals surface area contributed by atoms with Gasteiger partial charge in [0.15, 0.2) is 5.78 Å². The second kappa shape index (κ2) is 7.04. The number of hydrogen-bond acceptors (Lipinski definition) is 2. The maximum absolute atomic E-state index is 13.7. The van der Waals surface area contributed by atoms with Crippen molar-refractivity contribution in [1.29, 1.82) is 0 Å². The molecule has 0 amide bonds. The van der Waals surface area contributed by atoms with E-state index in [4.69, 9.17) is 0 Å². The van der Waals surface area contributed by atoms with Gasteiger partial charge >= 0.3 is 0 Å². The molecule has 1 nitrogen and oxygen atoms in total. The normalized spacial score (nSPS) is 10.6. The van der Waals surface area contributed by atoms with Crippen molar-refractivity contribution in [2.24, 2.45) is 0 Å². The summed E-state index contributed by atoms with van der Waals surface area (Å²) in [7, 11) is 0. The van der Waals surface area contributed by atoms with Gasteiger partial charge in [0, 0.05) is 15.8 Å². The van der Waals surface area contributed by atoms with Gasteiger partial charge < -0.3 is 0 Å². The van der Waals surface area contributed by atoms with E-state index >= 15 is 0 Å². The Balaban J connectivity index is 2.09. The van der Waals surface area contributed by atoms with Crippen LogP contribution in [0.25, 0.3) is 0 Å². The van der Waals surface area contributed by atoms with Crippen LogP contribution >= 0.6 is 27.7 Å². The van der Waals surface area contributed by atoms with Crippen molar-refractivity contribution in [3.05, 3.63) is 63.9 Å². The van der Waals surface area contributed by atoms with Gasteiger partial charge in [-0.3, -0.25) is 4.79 Å². The first-order chi connectivity index (χ1) is 9.61. The quantitative estimate of drug-likeness (QED) is 0.548. The molecule has 0 saturated carbocycles. The molecule has 0 aliphatic heterocycles. The lowest BCUT2D eigenvalue weighted by Gasteiger charge is -2.07. The zero-order valence-electron chi connectivity index (χ0n) is 11.0. The molecule has 0 spiro atoms. The summed E-state index contributed by atoms with van der Waals surface area (Å²) in [5.74, 6) is -0.631. The van der Waals surface area contributed by atoms with E-state index in [1.807, 2.05) is 30.5 Å². The SMILES string of the molecule is CSc1ccccc1CCC(=O)c1ccc(Br)cc1F. The molecular formula is C16H14BrFOS. The lowest BCUT2D eigenvalue weighted by molar-refractivity contribution is 0.0978. The third-order valence-corrected chi connectivity index (χ3v) is 4.38. The highest BCUT2D eigenvalue weighted by Gasteiger charge is 2.12. The van der Waals surface area contributed by atoms with E-state index in [9.17, 15) is 9.18 Å². The monoisotopic (exact) mass is 352 g/mol. The third kappa shape index (κ3) is 3.70. The molecule has 4 heteroatoms. The molecule has 2 aromatic carbocycles. The highest BCUT2D eigenvalue weighted by atomic mass is 79.9. The average Bonchev–Trinajstić information content (AvgIpc) is 2.45. The van der Waals surface area contributed by atoms with Crippen LogP contribution in [0.15, 0.2) is 51.8 Å². The van der Waals surface area contributed by atoms with Crippen LogP contribution in [0.3, 0.4) is 0 Å². The molecular weight excluding hydrogens is 339 g/mol. The average molecular weight is 353 g/mol. The molecule has 104 valence electrons. The summed E-state index contributed by atoms with van der Waals surface area (Å²) in [6.45, 7) is 0. The minimum atomic E-state index is -0.470. The fourth-order valence-electron chi connectivity index (χ4n) is 2.01. The smallest absolute Gasteiger partial charge is 0.166 e. The molecule has 2 aromatic rings. The molecule has 0 aromatic heterocycles. The lowest BCUT2D eigenvalue weighted by Crippen LogP contribution is -2.04. The first-order valence-corrected chi connectivity index (χ1v) is 8.23. The summed E-state index contributed by atoms with van der Waals surface area (Å²) < 4.78 is 14.4. The van der Waals surface area contributed by atoms with Crippen LogP contribution < -0.4 is 0 Å². The van der Waals surface area contributed by atoms with Crippen LogP contribution in [-0.4, -0.2) is 12.0 Å². The summed E-state index contributed by atoms with van der Waals surface area (Å²) in [4.78, 5) is 13.3. The Morgan fingerprint density at radius 3 is 2.70 bits per heavy atom. The largest absolute Gasteiger partial charge is 0.294 e. The predicted octanol–water partition coefficient (Wildman–Crippen LogP) is 5.13. The zero-order chi connectivity index (χ0) is 14.5. The molecule has 0 aliphatic carbocycles. The fourth-order valence-corrected chi connectivity index (χ4v) is 2.99. The summed E-state index contributed by atoms with van der Waals surface area (Å²) >= 11 is 4.84. The molecule has 0 radical (unpaired) electrons. The van der Waals surface area contributed by atoms with E-state index < -0.39 is 5.82 Å². The van der Waals surface area contributed by atoms with E-state index in [1.54, 1.807) is 17.8 Å². The second-order valence-electron chi connectivity index (χ2n) is 4.36. The van der Waals surface area contributed by atoms with E-state index in [0.29, 0.717) is 17.3 Å². The molecule has 0 heterocycles. The molecule has 2 rings (SSSR count). The number of aryl methyl sites for hydroxylation is 1. The van der Waals surface area contributed by atoms with Crippen molar-refractivity contribution in [3.63, 3.8) is 0 Å². The first-order valence-electron chi connectivity index (χ1n) is 6.22. The number of halogens is 2. The number of carbonyl (C=O) groups is 1. The minimum absolute atomic E-state index is 0.161. The van der Waals surface area contributed by atoms with Crippen LogP contribution in [0.5, 0.6) is 0 Å². The van der Waals surface area contributed by atoms with Gasteiger partial charge in [-0.15, -0.1) is 11.8 Å². The van der Waals surface area contributed by atoms with Crippen molar-refractivity contribution in [2.75, 3.05) is 6.26 Å². The summed E-state index contributed by atoms with van der Waals surface area (Å²) in [6, 6.07) is 12.5. The number of rotatable bonds is 5. The summed E-state index contributed by atoms with van der Waals surface area (Å²) in [6.07, 6.45) is 2.95. The van der Waals surface area contributed by atoms with Crippen LogP contribution in [0.2, 0.25) is 0 Å². The molecule has 0 atom stereocenters. The Kier molecular flexibility index (Phi) is 5.38. The van der Waals surface area contributed by atoms with Gasteiger partial charge in [-0.25, -0.2) is 4.39 Å². The van der Waals surface area contributed by atoms with Gasteiger partial charge in [0.05, 0.1) is 5.56 Å². The molecule has 0 unspecified atom stereocenters. The van der Waals surface area contributed by atoms with Gasteiger partial charge in [0.2, 0.25) is 0 Å². The van der Waals surface area contributed by atoms with E-state index in [-0.39, 0.29) is 11.3 Å². The third-order valence-electron chi connectivity index (χ3n) is 3.05. The molecule has 0 fully saturated rings. The van der Waals surface area contributed by atoms with Crippen molar-refractivity contribution >= 4 is 33.5 Å². The van der Waals surface area contributed by atoms with Gasteiger partial charge in [-0.1, -0.05) is 34.1 Å². The molecule has 0 aliphatic rings. The van der Waals surface area contributed by atoms with E-state index in [2.05, 4.69) is 15.9 Å². The molecule has 0 saturated heterocycles. The summed E-state index contributed by atoms with van der Waals surface area (Å²) in [5.41, 5.74) is 1.29. The molecule has 20 heavy (non-hydrogen) atoms. The Morgan fingerprint density at radius 1 is 1.25 bits per heavy atom. The predicted molar refractivity (Wildman–Crippen MR) is 85.0 cm³/mol. The van der Waals surface area contributed by atoms with Gasteiger partial charge in [0.25, 0.3) is 0 Å². The minimum Gasteiger partial charge on any atom is -0.294 e. The fraction of sp³-hybridized carbons (Fsp3) is 0.188. The van der Waals surface area contributed by atoms with Gasteiger partial charge in [0.1, 0.15) is 5.82 Å². The Hall–Kier alpha value is -1.13. The van der Waals surface area contributed by atoms with Gasteiger partial charge in [-0.05, 0) is 42.5 Å². The van der Waals surface area contributed by atoms with Gasteiger partial charge in [-0.2, -0.15) is 0 Å². The molecule has 0 N–H and O–H groups in total. The summed E-state index contributed by atoms with van der Waals surface area (Å²) in [5, 5.41) is 0. The maximum Gasteiger partial charge on any atom is 0.166 e. The van der Waals surface area contributed by atoms with E-state index in [0.717, 1.165) is 10.5 Å². The number of thioether (sulfide) groups is 1. The number of carbonyl (C=O) groups excluding carboxylic acids is 1. The Morgan fingerprint density at radius 2 is 2.00 bits per heavy atom. The first kappa shape index (κ1) is 15.3. The highest BCUT2D eigenvalue weighted by Crippen LogP contribution is 2.22. The van der Waals surface area contributed by atoms with Crippen molar-refractivity contribution < 1.29 is 9.18 Å². The number of benzene rings is 2. The lowest BCUT2D eigenvalue weighted by atomic mass is 10.0. The van der Waals surface area contributed by atoms with Crippen LogP contribution in [0.1, 0.15) is 22.3 Å². The number of hydrogen-bond donors (Lipinski definition) is 0. The standard InChI is InChI=1S/C16H14BrFOS/c1-20-16-5-3-2-4-11(16)6-9-15(19)13-8-7-12(17)10-14(13)18/h2-5,7-8,10H,6,9H2,1H3. The Bertz CT molecular complexity index is 628. The van der Waals surface area contributed by atoms with Crippen LogP contribution in [-0.2, 0) is 6.42 Å². The number of ketones is 1. The Labute approximate surface area is 130 Å². The van der Waals surface area contributed by atoms with Crippen molar-refractivity contribution in [2.45, 2.75) is 17.7 Å². The highest BCUT2D eigenvalue weighted by molar-refractivity contribution is 9.10. The maximum atomic E-state index is 13.7. The van der Waals surface area contributed by atoms with Crippen molar-refractivity contribution in [1.82, 2.24) is 0 Å². The zero-order valence-corrected chi connectivity index (χ0v) is 13.4. The van der Waals surface area contributed by atoms with E-state index in [1.165, 1.54) is 12.1 Å². The topological polar surface area (TPSA) is 17.1 Å². The van der Waals surface area contributed by atoms with Crippen molar-refractivity contribution in [3.8, 4) is 0 Å². The second-order valence-corrected chi connectivity index (χ2v) is 6.12. The van der Waals surface area contributed by atoms with Crippen LogP contribution in [0.4, 0.5) is 4.39 Å².